The Kier molecular flexibility index (Phi) is 3.42. The summed E-state index contributed by atoms with van der Waals surface area (Å²) in [6.07, 6.45) is 4.97. The Balaban J connectivity index is 2.19. The van der Waals surface area contributed by atoms with Crippen LogP contribution in [0.15, 0.2) is 24.3 Å². The van der Waals surface area contributed by atoms with Crippen LogP contribution in [-0.2, 0) is 4.79 Å². The predicted octanol–water partition coefficient (Wildman–Crippen LogP) is 1.92. The summed E-state index contributed by atoms with van der Waals surface area (Å²) in [5.41, 5.74) is 6.26. The molecule has 0 aromatic heterocycles. The highest BCUT2D eigenvalue weighted by molar-refractivity contribution is 5.90. The highest BCUT2D eigenvalue weighted by Gasteiger charge is 2.15. The number of benzene rings is 1. The molecule has 1 aromatic rings. The van der Waals surface area contributed by atoms with Gasteiger partial charge in [-0.2, -0.15) is 0 Å². The quantitative estimate of drug-likeness (QED) is 0.812. The maximum absolute atomic E-state index is 13.8. The molecular formula is C13H15FN2O. The summed E-state index contributed by atoms with van der Waals surface area (Å²) < 4.78 is 13.8. The van der Waals surface area contributed by atoms with Crippen molar-refractivity contribution in [2.75, 3.05) is 18.0 Å². The first-order valence-electron chi connectivity index (χ1n) is 5.69. The fourth-order valence-corrected chi connectivity index (χ4v) is 2.02. The van der Waals surface area contributed by atoms with E-state index in [1.54, 1.807) is 12.1 Å². The minimum absolute atomic E-state index is 0.251. The second-order valence-corrected chi connectivity index (χ2v) is 4.14. The molecule has 2 N–H and O–H groups in total. The van der Waals surface area contributed by atoms with E-state index in [-0.39, 0.29) is 5.82 Å². The topological polar surface area (TPSA) is 46.3 Å². The van der Waals surface area contributed by atoms with E-state index in [0.29, 0.717) is 11.3 Å². The van der Waals surface area contributed by atoms with Crippen LogP contribution in [0, 0.1) is 5.82 Å². The summed E-state index contributed by atoms with van der Waals surface area (Å²) in [7, 11) is 0. The van der Waals surface area contributed by atoms with Gasteiger partial charge in [-0.1, -0.05) is 6.07 Å². The summed E-state index contributed by atoms with van der Waals surface area (Å²) in [6, 6.07) is 4.96. The van der Waals surface area contributed by atoms with Crippen LogP contribution in [0.5, 0.6) is 0 Å². The van der Waals surface area contributed by atoms with Gasteiger partial charge >= 0.3 is 0 Å². The van der Waals surface area contributed by atoms with Crippen LogP contribution in [0.4, 0.5) is 10.1 Å². The molecule has 0 aliphatic carbocycles. The van der Waals surface area contributed by atoms with E-state index in [9.17, 15) is 9.18 Å². The molecule has 4 heteroatoms. The number of primary amides is 1. The second kappa shape index (κ2) is 4.99. The van der Waals surface area contributed by atoms with Crippen molar-refractivity contribution in [1.29, 1.82) is 0 Å². The first kappa shape index (κ1) is 11.6. The highest BCUT2D eigenvalue weighted by Crippen LogP contribution is 2.24. The Morgan fingerprint density at radius 3 is 2.65 bits per heavy atom. The lowest BCUT2D eigenvalue weighted by Crippen LogP contribution is -2.18. The fourth-order valence-electron chi connectivity index (χ4n) is 2.02. The molecule has 3 nitrogen and oxygen atoms in total. The van der Waals surface area contributed by atoms with Gasteiger partial charge in [0.2, 0.25) is 5.91 Å². The van der Waals surface area contributed by atoms with Gasteiger partial charge in [0, 0.05) is 19.2 Å². The van der Waals surface area contributed by atoms with Gasteiger partial charge in [0.25, 0.3) is 0 Å². The summed E-state index contributed by atoms with van der Waals surface area (Å²) in [4.78, 5) is 12.6. The van der Waals surface area contributed by atoms with Crippen LogP contribution in [0.1, 0.15) is 18.4 Å². The summed E-state index contributed by atoms with van der Waals surface area (Å²) >= 11 is 0. The lowest BCUT2D eigenvalue weighted by molar-refractivity contribution is -0.113. The van der Waals surface area contributed by atoms with Crippen LogP contribution in [0.2, 0.25) is 0 Å². The van der Waals surface area contributed by atoms with E-state index >= 15 is 0 Å². The minimum Gasteiger partial charge on any atom is -0.369 e. The van der Waals surface area contributed by atoms with Crippen LogP contribution < -0.4 is 10.6 Å². The molecule has 1 aliphatic rings. The third kappa shape index (κ3) is 2.84. The average molecular weight is 234 g/mol. The van der Waals surface area contributed by atoms with E-state index in [2.05, 4.69) is 0 Å². The van der Waals surface area contributed by atoms with E-state index in [1.807, 2.05) is 4.90 Å². The molecule has 1 aromatic carbocycles. The molecule has 0 saturated carbocycles. The maximum Gasteiger partial charge on any atom is 0.241 e. The molecule has 0 bridgehead atoms. The molecule has 0 spiro atoms. The van der Waals surface area contributed by atoms with E-state index in [0.717, 1.165) is 25.9 Å². The number of hydrogen-bond acceptors (Lipinski definition) is 2. The summed E-state index contributed by atoms with van der Waals surface area (Å²) in [5.74, 6) is -0.785. The van der Waals surface area contributed by atoms with Crippen LogP contribution >= 0.6 is 0 Å². The minimum atomic E-state index is -0.533. The molecule has 1 amide bonds. The Morgan fingerprint density at radius 1 is 1.35 bits per heavy atom. The standard InChI is InChI=1S/C13H15FN2O/c14-11-9-10(4-6-13(15)17)3-5-12(11)16-7-1-2-8-16/h3-6,9H,1-2,7-8H2,(H2,15,17). The first-order valence-corrected chi connectivity index (χ1v) is 5.69. The lowest BCUT2D eigenvalue weighted by atomic mass is 10.1. The number of carbonyl (C=O) groups is 1. The molecule has 0 unspecified atom stereocenters. The van der Waals surface area contributed by atoms with Crippen molar-refractivity contribution in [2.24, 2.45) is 5.73 Å². The fraction of sp³-hybridized carbons (Fsp3) is 0.308. The number of anilines is 1. The smallest absolute Gasteiger partial charge is 0.241 e. The number of halogens is 1. The van der Waals surface area contributed by atoms with E-state index < -0.39 is 5.91 Å². The predicted molar refractivity (Wildman–Crippen MR) is 66.1 cm³/mol. The van der Waals surface area contributed by atoms with Crippen molar-refractivity contribution in [2.45, 2.75) is 12.8 Å². The van der Waals surface area contributed by atoms with Gasteiger partial charge < -0.3 is 10.6 Å². The highest BCUT2D eigenvalue weighted by atomic mass is 19.1. The summed E-state index contributed by atoms with van der Waals surface area (Å²) in [5, 5.41) is 0. The largest absolute Gasteiger partial charge is 0.369 e. The molecule has 1 fully saturated rings. The van der Waals surface area contributed by atoms with Crippen molar-refractivity contribution < 1.29 is 9.18 Å². The molecule has 1 heterocycles. The molecule has 2 rings (SSSR count). The number of carbonyl (C=O) groups excluding carboxylic acids is 1. The number of hydrogen-bond donors (Lipinski definition) is 1. The normalized spacial score (nSPS) is 15.7. The molecule has 1 aliphatic heterocycles. The number of nitrogens with zero attached hydrogens (tertiary/aromatic N) is 1. The zero-order valence-corrected chi connectivity index (χ0v) is 9.53. The Hall–Kier alpha value is -1.84. The third-order valence-corrected chi connectivity index (χ3v) is 2.86. The zero-order chi connectivity index (χ0) is 12.3. The van der Waals surface area contributed by atoms with Gasteiger partial charge in [0.15, 0.2) is 0 Å². The molecule has 90 valence electrons. The van der Waals surface area contributed by atoms with E-state index in [4.69, 9.17) is 5.73 Å². The monoisotopic (exact) mass is 234 g/mol. The van der Waals surface area contributed by atoms with Crippen molar-refractivity contribution in [3.05, 3.63) is 35.7 Å². The summed E-state index contributed by atoms with van der Waals surface area (Å²) in [6.45, 7) is 1.82. The van der Waals surface area contributed by atoms with Crippen molar-refractivity contribution >= 4 is 17.7 Å². The van der Waals surface area contributed by atoms with Crippen LogP contribution in [0.3, 0.4) is 0 Å². The van der Waals surface area contributed by atoms with Gasteiger partial charge in [-0.3, -0.25) is 4.79 Å². The number of rotatable bonds is 3. The number of amides is 1. The van der Waals surface area contributed by atoms with Gasteiger partial charge in [-0.25, -0.2) is 4.39 Å². The Labute approximate surface area is 99.7 Å². The van der Waals surface area contributed by atoms with Gasteiger partial charge in [0.1, 0.15) is 5.82 Å². The lowest BCUT2D eigenvalue weighted by Gasteiger charge is -2.18. The third-order valence-electron chi connectivity index (χ3n) is 2.86. The van der Waals surface area contributed by atoms with Gasteiger partial charge in [0.05, 0.1) is 5.69 Å². The maximum atomic E-state index is 13.8. The van der Waals surface area contributed by atoms with Crippen molar-refractivity contribution in [3.8, 4) is 0 Å². The van der Waals surface area contributed by atoms with Crippen molar-refractivity contribution in [3.63, 3.8) is 0 Å². The SMILES string of the molecule is NC(=O)C=Cc1ccc(N2CCCC2)c(F)c1. The average Bonchev–Trinajstić information content (AvgIpc) is 2.79. The Morgan fingerprint density at radius 2 is 2.06 bits per heavy atom. The van der Waals surface area contributed by atoms with Gasteiger partial charge in [-0.05, 0) is 36.6 Å². The molecule has 17 heavy (non-hydrogen) atoms. The zero-order valence-electron chi connectivity index (χ0n) is 9.53. The number of nitrogens with two attached hydrogens (primary N) is 1. The Bertz CT molecular complexity index is 451. The van der Waals surface area contributed by atoms with Gasteiger partial charge in [-0.15, -0.1) is 0 Å². The van der Waals surface area contributed by atoms with Crippen molar-refractivity contribution in [1.82, 2.24) is 0 Å². The molecule has 0 radical (unpaired) electrons. The second-order valence-electron chi connectivity index (χ2n) is 4.14. The molecular weight excluding hydrogens is 219 g/mol. The molecule has 1 saturated heterocycles. The van der Waals surface area contributed by atoms with Crippen LogP contribution in [0.25, 0.3) is 6.08 Å². The van der Waals surface area contributed by atoms with E-state index in [1.165, 1.54) is 18.2 Å². The first-order chi connectivity index (χ1) is 8.16. The molecule has 0 atom stereocenters. The van der Waals surface area contributed by atoms with Crippen LogP contribution in [-0.4, -0.2) is 19.0 Å².